The third kappa shape index (κ3) is 13.7. The third-order valence-corrected chi connectivity index (χ3v) is 11.6. The Hall–Kier alpha value is -3.63. The first-order valence-corrected chi connectivity index (χ1v) is 22.4. The van der Waals surface area contributed by atoms with Gasteiger partial charge in [-0.2, -0.15) is 15.6 Å². The summed E-state index contributed by atoms with van der Waals surface area (Å²) in [4.78, 5) is 14.6. The van der Waals surface area contributed by atoms with Gasteiger partial charge in [0.15, 0.2) is 11.6 Å². The minimum absolute atomic E-state index is 0.0181. The number of rotatable bonds is 28. The molecule has 0 spiro atoms. The van der Waals surface area contributed by atoms with Crippen LogP contribution >= 0.6 is 7.82 Å². The number of phosphoric acid groups is 1. The molecule has 6 atom stereocenters. The number of unbranched alkanes of at least 4 members (excludes halogenated alkanes) is 15. The summed E-state index contributed by atoms with van der Waals surface area (Å²) in [6.07, 6.45) is 16.1. The lowest BCUT2D eigenvalue weighted by atomic mass is 9.93. The number of phosphoric ester groups is 1. The number of nitrogen functional groups attached to an aromatic ring is 1. The molecule has 1 fully saturated rings. The van der Waals surface area contributed by atoms with E-state index in [1.54, 1.807) is 38.1 Å². The molecule has 0 bridgehead atoms. The number of hydrogen-bond acceptors (Lipinski definition) is 13. The molecular formula is C42H63N6O9P. The topological polar surface area (TPSA) is 228 Å². The van der Waals surface area contributed by atoms with Gasteiger partial charge in [-0.25, -0.2) is 14.1 Å². The lowest BCUT2D eigenvalue weighted by Crippen LogP contribution is -2.39. The zero-order valence-electron chi connectivity index (χ0n) is 34.4. The van der Waals surface area contributed by atoms with Crippen LogP contribution in [-0.2, 0) is 28.7 Å². The van der Waals surface area contributed by atoms with Crippen LogP contribution in [0.5, 0.6) is 5.75 Å². The molecule has 1 aliphatic heterocycles. The van der Waals surface area contributed by atoms with E-state index in [4.69, 9.17) is 29.0 Å². The van der Waals surface area contributed by atoms with Crippen LogP contribution in [0.2, 0.25) is 0 Å². The van der Waals surface area contributed by atoms with Crippen molar-refractivity contribution < 1.29 is 42.9 Å². The van der Waals surface area contributed by atoms with Crippen LogP contribution in [0.3, 0.4) is 0 Å². The molecule has 1 unspecified atom stereocenters. The first-order valence-electron chi connectivity index (χ1n) is 20.9. The maximum atomic E-state index is 13.1. The molecule has 3 aromatic rings. The predicted octanol–water partition coefficient (Wildman–Crippen LogP) is 7.56. The van der Waals surface area contributed by atoms with Gasteiger partial charge >= 0.3 is 7.82 Å². The summed E-state index contributed by atoms with van der Waals surface area (Å²) in [7, 11) is -4.80. The fourth-order valence-electron chi connectivity index (χ4n) is 7.35. The largest absolute Gasteiger partial charge is 0.483 e. The molecule has 1 aromatic carbocycles. The Morgan fingerprint density at radius 2 is 1.48 bits per heavy atom. The van der Waals surface area contributed by atoms with Crippen LogP contribution in [0.15, 0.2) is 30.6 Å². The lowest BCUT2D eigenvalue weighted by Gasteiger charge is -2.27. The zero-order chi connectivity index (χ0) is 42.0. The van der Waals surface area contributed by atoms with Gasteiger partial charge in [-0.15, -0.1) is 0 Å². The highest BCUT2D eigenvalue weighted by molar-refractivity contribution is 7.47. The monoisotopic (exact) mass is 826 g/mol. The number of nitrogens with two attached hydrogens (primary N) is 1. The Morgan fingerprint density at radius 1 is 0.914 bits per heavy atom. The van der Waals surface area contributed by atoms with Gasteiger partial charge in [0.2, 0.25) is 0 Å². The minimum Gasteiger partial charge on any atom is -0.483 e. The van der Waals surface area contributed by atoms with Crippen molar-refractivity contribution in [2.24, 2.45) is 0 Å². The van der Waals surface area contributed by atoms with E-state index < -0.39 is 51.1 Å². The number of ether oxygens (including phenoxy) is 3. The van der Waals surface area contributed by atoms with E-state index in [9.17, 15) is 30.2 Å². The van der Waals surface area contributed by atoms with Crippen LogP contribution in [-0.4, -0.2) is 80.5 Å². The first kappa shape index (κ1) is 47.1. The molecule has 320 valence electrons. The van der Waals surface area contributed by atoms with Crippen LogP contribution < -0.4 is 10.5 Å². The van der Waals surface area contributed by atoms with Crippen molar-refractivity contribution >= 4 is 19.2 Å². The summed E-state index contributed by atoms with van der Waals surface area (Å²) < 4.78 is 43.1. The van der Waals surface area contributed by atoms with Gasteiger partial charge in [-0.05, 0) is 50.1 Å². The SMILES string of the molecule is CCCCCCCCCCCCCCCCCCOC[C@H](COP(=O)(O)OC[C@H]1O[C@@](C)(c2ccc3c(N)ncnn23)[C@H](O)[C@@H]1O)Oc1c(C#N)cc(C)cc1C#N. The molecular weight excluding hydrogens is 763 g/mol. The van der Waals surface area contributed by atoms with Crippen LogP contribution in [0.4, 0.5) is 5.82 Å². The van der Waals surface area contributed by atoms with Crippen molar-refractivity contribution in [3.63, 3.8) is 0 Å². The lowest BCUT2D eigenvalue weighted by molar-refractivity contribution is -0.0892. The molecule has 1 saturated heterocycles. The normalized spacial score (nSPS) is 20.8. The molecule has 0 radical (unpaired) electrons. The number of benzene rings is 1. The Balaban J connectivity index is 1.23. The fourth-order valence-corrected chi connectivity index (χ4v) is 8.12. The molecule has 2 aromatic heterocycles. The minimum atomic E-state index is -4.80. The number of aryl methyl sites for hydroxylation is 1. The number of hydrogen-bond donors (Lipinski definition) is 4. The maximum Gasteiger partial charge on any atom is 0.472 e. The van der Waals surface area contributed by atoms with Crippen molar-refractivity contribution in [3.05, 3.63) is 53.0 Å². The highest BCUT2D eigenvalue weighted by atomic mass is 31.2. The van der Waals surface area contributed by atoms with E-state index >= 15 is 0 Å². The molecule has 5 N–H and O–H groups in total. The van der Waals surface area contributed by atoms with Crippen molar-refractivity contribution in [1.82, 2.24) is 14.6 Å². The number of fused-ring (bicyclic) bond motifs is 1. The van der Waals surface area contributed by atoms with Crippen molar-refractivity contribution in [1.29, 1.82) is 10.5 Å². The second-order valence-corrected chi connectivity index (χ2v) is 16.9. The van der Waals surface area contributed by atoms with Crippen molar-refractivity contribution in [2.75, 3.05) is 32.2 Å². The summed E-state index contributed by atoms with van der Waals surface area (Å²) in [5.41, 5.74) is 6.25. The highest BCUT2D eigenvalue weighted by Crippen LogP contribution is 2.46. The fraction of sp³-hybridized carbons (Fsp3) is 0.667. The van der Waals surface area contributed by atoms with Gasteiger partial charge in [-0.1, -0.05) is 103 Å². The second kappa shape index (κ2) is 23.8. The number of aliphatic hydroxyl groups excluding tert-OH is 2. The summed E-state index contributed by atoms with van der Waals surface area (Å²) in [6, 6.07) is 10.5. The molecule has 15 nitrogen and oxygen atoms in total. The van der Waals surface area contributed by atoms with E-state index in [0.717, 1.165) is 19.3 Å². The first-order chi connectivity index (χ1) is 27.9. The van der Waals surface area contributed by atoms with E-state index in [1.807, 2.05) is 12.1 Å². The molecule has 16 heteroatoms. The van der Waals surface area contributed by atoms with E-state index in [-0.39, 0.29) is 29.3 Å². The summed E-state index contributed by atoms with van der Waals surface area (Å²) >= 11 is 0. The molecule has 0 saturated carbocycles. The van der Waals surface area contributed by atoms with Crippen LogP contribution in [0, 0.1) is 29.6 Å². The summed E-state index contributed by atoms with van der Waals surface area (Å²) in [5.74, 6) is 0.226. The van der Waals surface area contributed by atoms with Gasteiger partial charge < -0.3 is 35.1 Å². The average Bonchev–Trinajstić information content (AvgIpc) is 3.75. The summed E-state index contributed by atoms with van der Waals surface area (Å²) in [5, 5.41) is 45.6. The van der Waals surface area contributed by atoms with Crippen molar-refractivity contribution in [3.8, 4) is 17.9 Å². The van der Waals surface area contributed by atoms with Gasteiger partial charge in [0, 0.05) is 6.61 Å². The number of nitrogens with zero attached hydrogens (tertiary/aromatic N) is 5. The second-order valence-electron chi connectivity index (χ2n) is 15.5. The van der Waals surface area contributed by atoms with E-state index in [0.29, 0.717) is 23.4 Å². The van der Waals surface area contributed by atoms with Gasteiger partial charge in [0.1, 0.15) is 54.0 Å². The predicted molar refractivity (Wildman–Crippen MR) is 219 cm³/mol. The van der Waals surface area contributed by atoms with Crippen LogP contribution in [0.25, 0.3) is 5.52 Å². The van der Waals surface area contributed by atoms with Crippen LogP contribution in [0.1, 0.15) is 139 Å². The molecule has 0 amide bonds. The Bertz CT molecular complexity index is 1810. The molecule has 1 aliphatic rings. The van der Waals surface area contributed by atoms with E-state index in [1.165, 1.54) is 94.3 Å². The molecule has 3 heterocycles. The number of aromatic nitrogens is 3. The maximum absolute atomic E-state index is 13.1. The Kier molecular flexibility index (Phi) is 19.3. The average molecular weight is 827 g/mol. The van der Waals surface area contributed by atoms with Gasteiger partial charge in [-0.3, -0.25) is 9.05 Å². The highest BCUT2D eigenvalue weighted by Gasteiger charge is 2.54. The Morgan fingerprint density at radius 3 is 2.05 bits per heavy atom. The molecule has 0 aliphatic carbocycles. The molecule has 58 heavy (non-hydrogen) atoms. The third-order valence-electron chi connectivity index (χ3n) is 10.7. The smallest absolute Gasteiger partial charge is 0.472 e. The Labute approximate surface area is 343 Å². The molecule has 4 rings (SSSR count). The standard InChI is InChI=1S/C42H63N6O9P/c1-4-5-6-7-8-9-10-11-12-13-14-15-16-17-18-19-22-53-27-34(56-39-32(25-43)23-31(2)24-33(39)26-44)28-54-58(51,52)55-29-36-38(49)40(50)42(3,57-36)37-21-20-35-41(45)46-30-47-48(35)37/h20-21,23-24,30,34,36,38,40,49-50H,4-19,22,27-29H2,1-3H3,(H,51,52)(H2,45,46,47)/t34-,36-,38-,40-,42+/m1/s1. The van der Waals surface area contributed by atoms with Crippen molar-refractivity contribution in [2.45, 2.75) is 154 Å². The number of anilines is 1. The quantitative estimate of drug-likeness (QED) is 0.0409. The van der Waals surface area contributed by atoms with Gasteiger partial charge in [0.05, 0.1) is 36.6 Å². The number of nitriles is 2. The number of aliphatic hydroxyl groups is 2. The zero-order valence-corrected chi connectivity index (χ0v) is 35.3. The van der Waals surface area contributed by atoms with Gasteiger partial charge in [0.25, 0.3) is 0 Å². The summed E-state index contributed by atoms with van der Waals surface area (Å²) in [6.45, 7) is 4.81. The van der Waals surface area contributed by atoms with E-state index in [2.05, 4.69) is 17.0 Å².